The minimum Gasteiger partial charge on any atom is -0.0596 e. The van der Waals surface area contributed by atoms with E-state index >= 15 is 0 Å². The summed E-state index contributed by atoms with van der Waals surface area (Å²) in [4.78, 5) is 0. The van der Waals surface area contributed by atoms with Crippen LogP contribution in [-0.2, 0) is 0 Å². The van der Waals surface area contributed by atoms with Crippen molar-refractivity contribution >= 4 is 0 Å². The van der Waals surface area contributed by atoms with Gasteiger partial charge in [0.1, 0.15) is 0 Å². The fourth-order valence-corrected chi connectivity index (χ4v) is 0.224. The van der Waals surface area contributed by atoms with Gasteiger partial charge in [0.15, 0.2) is 13.6 Å². The van der Waals surface area contributed by atoms with E-state index in [9.17, 15) is 0 Å². The molecule has 1 nitrogen and oxygen atoms in total. The second-order valence-corrected chi connectivity index (χ2v) is 1.04. The molecular formula is C4H10N+. The monoisotopic (exact) mass is 72.1 g/mol. The number of hydrogen-bond donors (Lipinski definition) is 0. The second-order valence-electron chi connectivity index (χ2n) is 1.04. The minimum absolute atomic E-state index is 1.01. The Morgan fingerprint density at radius 1 is 1.60 bits per heavy atom. The quantitative estimate of drug-likeness (QED) is 0.454. The predicted octanol–water partition coefficient (Wildman–Crippen LogP) is 0.631. The highest BCUT2D eigenvalue weighted by Gasteiger charge is 1.82. The maximum Gasteiger partial charge on any atom is 0.183 e. The zero-order valence-corrected chi connectivity index (χ0v) is 3.86. The maximum absolute atomic E-state index is 3.85. The van der Waals surface area contributed by atoms with Gasteiger partial charge in [-0.3, -0.25) is 0 Å². The van der Waals surface area contributed by atoms with Crippen molar-refractivity contribution in [3.8, 4) is 0 Å². The van der Waals surface area contributed by atoms with Crippen LogP contribution >= 0.6 is 0 Å². The van der Waals surface area contributed by atoms with Gasteiger partial charge in [-0.25, -0.2) is 0 Å². The molecule has 0 fully saturated rings. The fraction of sp³-hybridized carbons (Fsp3) is 1.00. The molecule has 0 aliphatic rings. The van der Waals surface area contributed by atoms with E-state index in [4.69, 9.17) is 0 Å². The Bertz CT molecular complexity index is 11.1. The van der Waals surface area contributed by atoms with E-state index in [-0.39, 0.29) is 0 Å². The first-order valence-corrected chi connectivity index (χ1v) is 1.97. The van der Waals surface area contributed by atoms with Crippen LogP contribution in [0.2, 0.25) is 0 Å². The first-order valence-electron chi connectivity index (χ1n) is 1.97. The van der Waals surface area contributed by atoms with E-state index in [0.29, 0.717) is 0 Å². The Hall–Kier alpha value is -0.0400. The lowest BCUT2D eigenvalue weighted by atomic mass is 10.5. The molecule has 0 aliphatic heterocycles. The summed E-state index contributed by atoms with van der Waals surface area (Å²) in [6.07, 6.45) is 1.18. The summed E-state index contributed by atoms with van der Waals surface area (Å²) in [5.74, 6) is 0. The van der Waals surface area contributed by atoms with Crippen LogP contribution in [-0.4, -0.2) is 13.6 Å². The molecule has 2 radical (unpaired) electrons. The van der Waals surface area contributed by atoms with Gasteiger partial charge in [0, 0.05) is 6.42 Å². The van der Waals surface area contributed by atoms with Crippen LogP contribution in [0.3, 0.4) is 0 Å². The normalized spacial score (nSPS) is 8.40. The molecular weight excluding hydrogens is 62.1 g/mol. The van der Waals surface area contributed by atoms with Crippen molar-refractivity contribution in [1.82, 2.24) is 5.32 Å². The highest BCUT2D eigenvalue weighted by Crippen LogP contribution is 1.64. The molecule has 0 amide bonds. The van der Waals surface area contributed by atoms with Crippen LogP contribution < -0.4 is 5.32 Å². The third-order valence-electron chi connectivity index (χ3n) is 0.447. The molecule has 0 spiro atoms. The lowest BCUT2D eigenvalue weighted by Gasteiger charge is -1.65. The smallest absolute Gasteiger partial charge is 0.0596 e. The zero-order valence-electron chi connectivity index (χ0n) is 3.86. The first kappa shape index (κ1) is 4.96. The van der Waals surface area contributed by atoms with Crippen molar-refractivity contribution in [2.24, 2.45) is 0 Å². The SMILES string of the molecule is CCC[N+]C. The Balaban J connectivity index is 2.19. The molecule has 0 aromatic rings. The van der Waals surface area contributed by atoms with Crippen molar-refractivity contribution in [1.29, 1.82) is 0 Å². The Morgan fingerprint density at radius 2 is 2.20 bits per heavy atom. The summed E-state index contributed by atoms with van der Waals surface area (Å²) in [5, 5.41) is 3.85. The van der Waals surface area contributed by atoms with Gasteiger partial charge in [0.25, 0.3) is 0 Å². The molecule has 0 unspecified atom stereocenters. The van der Waals surface area contributed by atoms with E-state index in [1.54, 1.807) is 0 Å². The molecule has 0 bridgehead atoms. The molecule has 0 N–H and O–H groups in total. The molecule has 0 saturated heterocycles. The van der Waals surface area contributed by atoms with E-state index in [1.807, 2.05) is 7.05 Å². The summed E-state index contributed by atoms with van der Waals surface area (Å²) < 4.78 is 0. The van der Waals surface area contributed by atoms with Crippen LogP contribution in [0.25, 0.3) is 0 Å². The van der Waals surface area contributed by atoms with E-state index in [0.717, 1.165) is 6.54 Å². The maximum atomic E-state index is 3.85. The van der Waals surface area contributed by atoms with Crippen molar-refractivity contribution in [2.45, 2.75) is 13.3 Å². The zero-order chi connectivity index (χ0) is 4.12. The van der Waals surface area contributed by atoms with Crippen LogP contribution in [0.1, 0.15) is 13.3 Å². The lowest BCUT2D eigenvalue weighted by molar-refractivity contribution is 0.758. The van der Waals surface area contributed by atoms with Crippen molar-refractivity contribution in [3.05, 3.63) is 0 Å². The molecule has 0 saturated carbocycles. The third-order valence-corrected chi connectivity index (χ3v) is 0.447. The van der Waals surface area contributed by atoms with E-state index in [2.05, 4.69) is 12.2 Å². The van der Waals surface area contributed by atoms with Gasteiger partial charge < -0.3 is 0 Å². The fourth-order valence-electron chi connectivity index (χ4n) is 0.224. The van der Waals surface area contributed by atoms with Crippen LogP contribution in [0, 0.1) is 0 Å². The average molecular weight is 72.1 g/mol. The third kappa shape index (κ3) is 3.96. The van der Waals surface area contributed by atoms with E-state index in [1.165, 1.54) is 6.42 Å². The van der Waals surface area contributed by atoms with Gasteiger partial charge in [-0.2, -0.15) is 0 Å². The van der Waals surface area contributed by atoms with Gasteiger partial charge in [-0.15, -0.1) is 0 Å². The van der Waals surface area contributed by atoms with Crippen molar-refractivity contribution in [2.75, 3.05) is 13.6 Å². The van der Waals surface area contributed by atoms with Crippen LogP contribution in [0.15, 0.2) is 0 Å². The number of hydrogen-bond acceptors (Lipinski definition) is 0. The summed E-state index contributed by atoms with van der Waals surface area (Å²) in [5.41, 5.74) is 0. The van der Waals surface area contributed by atoms with E-state index < -0.39 is 0 Å². The second kappa shape index (κ2) is 3.96. The van der Waals surface area contributed by atoms with Gasteiger partial charge >= 0.3 is 0 Å². The highest BCUT2D eigenvalue weighted by molar-refractivity contribution is 4.27. The minimum atomic E-state index is 1.01. The first-order chi connectivity index (χ1) is 2.41. The van der Waals surface area contributed by atoms with Crippen molar-refractivity contribution in [3.63, 3.8) is 0 Å². The number of nitrogens with zero attached hydrogens (tertiary/aromatic N) is 1. The van der Waals surface area contributed by atoms with Gasteiger partial charge in [0.05, 0.1) is 5.32 Å². The molecule has 0 rings (SSSR count). The van der Waals surface area contributed by atoms with Gasteiger partial charge in [0.2, 0.25) is 0 Å². The summed E-state index contributed by atoms with van der Waals surface area (Å²) >= 11 is 0. The Labute approximate surface area is 33.4 Å². The molecule has 0 aliphatic carbocycles. The molecule has 5 heavy (non-hydrogen) atoms. The average Bonchev–Trinajstić information content (AvgIpc) is 1.41. The Morgan fingerprint density at radius 3 is 2.20 bits per heavy atom. The highest BCUT2D eigenvalue weighted by atomic mass is 14.8. The van der Waals surface area contributed by atoms with Crippen LogP contribution in [0.4, 0.5) is 0 Å². The molecule has 0 heterocycles. The Kier molecular flexibility index (Phi) is 3.93. The standard InChI is InChI=1S/C4H10N/c1-3-4-5-2/h3-4H2,1-2H3/q+1. The molecule has 0 aromatic carbocycles. The van der Waals surface area contributed by atoms with Gasteiger partial charge in [-0.05, 0) is 0 Å². The summed E-state index contributed by atoms with van der Waals surface area (Å²) in [7, 11) is 1.84. The molecule has 1 heteroatoms. The molecule has 0 aromatic heterocycles. The lowest BCUT2D eigenvalue weighted by Crippen LogP contribution is -1.95. The summed E-state index contributed by atoms with van der Waals surface area (Å²) in [6.45, 7) is 3.13. The molecule has 0 atom stereocenters. The van der Waals surface area contributed by atoms with Crippen molar-refractivity contribution < 1.29 is 0 Å². The topological polar surface area (TPSA) is 14.1 Å². The summed E-state index contributed by atoms with van der Waals surface area (Å²) in [6, 6.07) is 0. The van der Waals surface area contributed by atoms with Gasteiger partial charge in [-0.1, -0.05) is 6.92 Å². The molecule has 30 valence electrons. The largest absolute Gasteiger partial charge is 0.183 e. The number of rotatable bonds is 2. The van der Waals surface area contributed by atoms with Crippen LogP contribution in [0.5, 0.6) is 0 Å². The predicted molar refractivity (Wildman–Crippen MR) is 23.2 cm³/mol.